The van der Waals surface area contributed by atoms with Crippen LogP contribution in [0.15, 0.2) is 59.8 Å². The average molecular weight is 336 g/mol. The van der Waals surface area contributed by atoms with Crippen LogP contribution in [-0.4, -0.2) is 21.2 Å². The second-order valence-electron chi connectivity index (χ2n) is 5.53. The molecule has 0 spiro atoms. The van der Waals surface area contributed by atoms with Crippen LogP contribution < -0.4 is 5.73 Å². The predicted molar refractivity (Wildman–Crippen MR) is 87.9 cm³/mol. The molecular weight excluding hydrogens is 317 g/mol. The molecule has 0 aliphatic heterocycles. The molecule has 0 aliphatic carbocycles. The van der Waals surface area contributed by atoms with Crippen LogP contribution in [0.25, 0.3) is 11.0 Å². The van der Waals surface area contributed by atoms with Gasteiger partial charge in [-0.3, -0.25) is 0 Å². The predicted octanol–water partition coefficient (Wildman–Crippen LogP) is 3.97. The minimum Gasteiger partial charge on any atom is -0.399 e. The van der Waals surface area contributed by atoms with Crippen molar-refractivity contribution in [3.63, 3.8) is 0 Å². The number of hydrogen-bond acceptors (Lipinski definition) is 3. The quantitative estimate of drug-likeness (QED) is 0.841. The summed E-state index contributed by atoms with van der Waals surface area (Å²) >= 11 is 0. The molecule has 4 nitrogen and oxygen atoms in total. The second kappa shape index (κ2) is 6.90. The summed E-state index contributed by atoms with van der Waals surface area (Å²) in [5, 5.41) is 8.11. The molecule has 24 heavy (non-hydrogen) atoms. The van der Waals surface area contributed by atoms with Gasteiger partial charge in [-0.1, -0.05) is 36.9 Å². The molecule has 1 aromatic heterocycles. The molecule has 2 rings (SSSR count). The molecule has 7 heteroatoms. The number of hydrogen-bond donors (Lipinski definition) is 1. The summed E-state index contributed by atoms with van der Waals surface area (Å²) in [6.07, 6.45) is -1.91. The van der Waals surface area contributed by atoms with E-state index in [2.05, 4.69) is 16.9 Å². The van der Waals surface area contributed by atoms with Crippen LogP contribution in [0.3, 0.4) is 0 Å². The Labute approximate surface area is 138 Å². The number of para-hydroxylation sites is 1. The molecule has 1 unspecified atom stereocenters. The lowest BCUT2D eigenvalue weighted by Gasteiger charge is -2.18. The summed E-state index contributed by atoms with van der Waals surface area (Å²) in [7, 11) is 0. The van der Waals surface area contributed by atoms with Gasteiger partial charge in [-0.15, -0.1) is 5.10 Å². The van der Waals surface area contributed by atoms with Crippen LogP contribution in [0.1, 0.15) is 13.8 Å². The van der Waals surface area contributed by atoms with E-state index in [0.29, 0.717) is 12.1 Å². The summed E-state index contributed by atoms with van der Waals surface area (Å²) in [4.78, 5) is 0. The number of aromatic nitrogens is 3. The number of fused-ring (bicyclic) bond motifs is 1. The highest BCUT2D eigenvalue weighted by molar-refractivity contribution is 5.73. The lowest BCUT2D eigenvalue weighted by atomic mass is 9.95. The monoisotopic (exact) mass is 336 g/mol. The minimum absolute atomic E-state index is 0.289. The Morgan fingerprint density at radius 2 is 2.04 bits per heavy atom. The zero-order chi connectivity index (χ0) is 17.9. The van der Waals surface area contributed by atoms with Crippen LogP contribution >= 0.6 is 0 Å². The van der Waals surface area contributed by atoms with Gasteiger partial charge < -0.3 is 5.73 Å². The van der Waals surface area contributed by atoms with E-state index in [-0.39, 0.29) is 11.6 Å². The zero-order valence-corrected chi connectivity index (χ0v) is 13.5. The minimum atomic E-state index is -4.49. The molecule has 2 aromatic rings. The van der Waals surface area contributed by atoms with Gasteiger partial charge in [0.25, 0.3) is 0 Å². The third-order valence-electron chi connectivity index (χ3n) is 3.74. The zero-order valence-electron chi connectivity index (χ0n) is 13.5. The highest BCUT2D eigenvalue weighted by Gasteiger charge is 2.31. The number of alkyl halides is 3. The van der Waals surface area contributed by atoms with Gasteiger partial charge in [-0.05, 0) is 30.7 Å². The molecule has 0 saturated heterocycles. The first-order valence-electron chi connectivity index (χ1n) is 7.42. The largest absolute Gasteiger partial charge is 0.415 e. The van der Waals surface area contributed by atoms with Crippen molar-refractivity contribution in [3.8, 4) is 0 Å². The summed E-state index contributed by atoms with van der Waals surface area (Å²) in [6, 6.07) is 7.39. The third-order valence-corrected chi connectivity index (χ3v) is 3.74. The van der Waals surface area contributed by atoms with Crippen LogP contribution in [0.4, 0.5) is 13.2 Å². The average Bonchev–Trinajstić information content (AvgIpc) is 2.93. The van der Waals surface area contributed by atoms with Gasteiger partial charge in [0.15, 0.2) is 0 Å². The molecule has 0 aliphatic rings. The van der Waals surface area contributed by atoms with Gasteiger partial charge in [0.05, 0.1) is 12.1 Å². The smallest absolute Gasteiger partial charge is 0.399 e. The number of nitrogens with zero attached hydrogens (tertiary/aromatic N) is 3. The SMILES string of the molecule is C=C(/C=C(\C(N)=C/C)C(C)Cn1nnc2ccccc21)C(F)(F)F. The molecular formula is C17H19F3N4. The van der Waals surface area contributed by atoms with E-state index in [1.807, 2.05) is 24.3 Å². The van der Waals surface area contributed by atoms with Crippen molar-refractivity contribution in [2.45, 2.75) is 26.6 Å². The highest BCUT2D eigenvalue weighted by atomic mass is 19.4. The van der Waals surface area contributed by atoms with Gasteiger partial charge in [0.1, 0.15) is 5.52 Å². The molecule has 0 bridgehead atoms. The Kier molecular flexibility index (Phi) is 5.11. The highest BCUT2D eigenvalue weighted by Crippen LogP contribution is 2.29. The Balaban J connectivity index is 2.33. The van der Waals surface area contributed by atoms with Crippen molar-refractivity contribution in [2.24, 2.45) is 11.7 Å². The molecule has 1 atom stereocenters. The first-order valence-corrected chi connectivity index (χ1v) is 7.42. The molecule has 128 valence electrons. The molecule has 0 radical (unpaired) electrons. The molecule has 1 heterocycles. The Morgan fingerprint density at radius 1 is 1.38 bits per heavy atom. The maximum atomic E-state index is 12.8. The van der Waals surface area contributed by atoms with Crippen molar-refractivity contribution >= 4 is 11.0 Å². The first-order chi connectivity index (χ1) is 11.2. The van der Waals surface area contributed by atoms with Crippen molar-refractivity contribution in [1.29, 1.82) is 0 Å². The Morgan fingerprint density at radius 3 is 2.67 bits per heavy atom. The molecule has 0 fully saturated rings. The van der Waals surface area contributed by atoms with Crippen molar-refractivity contribution < 1.29 is 13.2 Å². The molecule has 1 aromatic carbocycles. The van der Waals surface area contributed by atoms with Gasteiger partial charge in [-0.25, -0.2) is 4.68 Å². The summed E-state index contributed by atoms with van der Waals surface area (Å²) < 4.78 is 40.0. The maximum absolute atomic E-state index is 12.8. The summed E-state index contributed by atoms with van der Waals surface area (Å²) in [5.74, 6) is -0.301. The van der Waals surface area contributed by atoms with E-state index in [0.717, 1.165) is 17.1 Å². The standard InChI is InChI=1S/C17H19F3N4/c1-4-14(21)13(9-12(3)17(18,19)20)11(2)10-24-16-8-6-5-7-15(16)22-23-24/h4-9,11H,3,10,21H2,1-2H3/b13-9-,14-4+. The van der Waals surface area contributed by atoms with Crippen LogP contribution in [0.2, 0.25) is 0 Å². The maximum Gasteiger partial charge on any atom is 0.415 e. The van der Waals surface area contributed by atoms with E-state index in [4.69, 9.17) is 5.73 Å². The number of benzene rings is 1. The number of halogens is 3. The molecule has 0 amide bonds. The van der Waals surface area contributed by atoms with Gasteiger partial charge in [-0.2, -0.15) is 13.2 Å². The summed E-state index contributed by atoms with van der Waals surface area (Å²) in [6.45, 7) is 6.92. The summed E-state index contributed by atoms with van der Waals surface area (Å²) in [5.41, 5.74) is 7.17. The number of rotatable bonds is 5. The lowest BCUT2D eigenvalue weighted by Crippen LogP contribution is -2.18. The van der Waals surface area contributed by atoms with Crippen molar-refractivity contribution in [1.82, 2.24) is 15.0 Å². The van der Waals surface area contributed by atoms with Gasteiger partial charge >= 0.3 is 6.18 Å². The second-order valence-corrected chi connectivity index (χ2v) is 5.53. The van der Waals surface area contributed by atoms with Gasteiger partial charge in [0.2, 0.25) is 0 Å². The van der Waals surface area contributed by atoms with E-state index in [1.165, 1.54) is 0 Å². The van der Waals surface area contributed by atoms with Crippen LogP contribution in [0, 0.1) is 5.92 Å². The van der Waals surface area contributed by atoms with Crippen LogP contribution in [-0.2, 0) is 6.54 Å². The van der Waals surface area contributed by atoms with Crippen LogP contribution in [0.5, 0.6) is 0 Å². The van der Waals surface area contributed by atoms with E-state index < -0.39 is 11.7 Å². The molecule has 0 saturated carbocycles. The van der Waals surface area contributed by atoms with E-state index in [9.17, 15) is 13.2 Å². The van der Waals surface area contributed by atoms with Crippen molar-refractivity contribution in [2.75, 3.05) is 0 Å². The Bertz CT molecular complexity index is 800. The fourth-order valence-corrected chi connectivity index (χ4v) is 2.36. The van der Waals surface area contributed by atoms with Crippen molar-refractivity contribution in [3.05, 3.63) is 59.8 Å². The number of allylic oxidation sites excluding steroid dienone is 4. The first kappa shape index (κ1) is 17.8. The molecule has 2 N–H and O–H groups in total. The fraction of sp³-hybridized carbons (Fsp3) is 0.294. The topological polar surface area (TPSA) is 56.7 Å². The normalized spacial score (nSPS) is 14.9. The van der Waals surface area contributed by atoms with Gasteiger partial charge in [0, 0.05) is 17.2 Å². The van der Waals surface area contributed by atoms with E-state index >= 15 is 0 Å². The Hall–Kier alpha value is -2.57. The lowest BCUT2D eigenvalue weighted by molar-refractivity contribution is -0.0879. The fourth-order valence-electron chi connectivity index (χ4n) is 2.36. The van der Waals surface area contributed by atoms with E-state index in [1.54, 1.807) is 24.6 Å². The number of nitrogens with two attached hydrogens (primary N) is 1. The third kappa shape index (κ3) is 3.84.